The van der Waals surface area contributed by atoms with Gasteiger partial charge in [0.1, 0.15) is 0 Å². The number of nitrogens with zero attached hydrogens (tertiary/aromatic N) is 1. The molecule has 2 aromatic carbocycles. The maximum Gasteiger partial charge on any atom is 0.193 e. The Labute approximate surface area is 154 Å². The van der Waals surface area contributed by atoms with Crippen LogP contribution in [0.25, 0.3) is 5.57 Å². The first-order valence-electron chi connectivity index (χ1n) is 8.54. The van der Waals surface area contributed by atoms with Gasteiger partial charge in [0, 0.05) is 5.56 Å². The van der Waals surface area contributed by atoms with Crippen LogP contribution in [0.15, 0.2) is 60.3 Å². The quantitative estimate of drug-likeness (QED) is 0.576. The van der Waals surface area contributed by atoms with Crippen molar-refractivity contribution in [2.75, 3.05) is 0 Å². The first-order chi connectivity index (χ1) is 12.0. The van der Waals surface area contributed by atoms with Crippen LogP contribution in [-0.2, 0) is 6.42 Å². The first kappa shape index (κ1) is 19.7. The van der Waals surface area contributed by atoms with E-state index in [4.69, 9.17) is 0 Å². The fraction of sp³-hybridized carbons (Fsp3) is 0.318. The maximum absolute atomic E-state index is 12.2. The highest BCUT2D eigenvalue weighted by Gasteiger charge is 2.29. The van der Waals surface area contributed by atoms with Gasteiger partial charge in [-0.25, -0.2) is 0 Å². The Hall–Kier alpha value is -2.59. The van der Waals surface area contributed by atoms with Crippen LogP contribution in [0, 0.1) is 4.91 Å². The molecule has 0 aliphatic rings. The molecule has 0 aliphatic heterocycles. The van der Waals surface area contributed by atoms with E-state index >= 15 is 0 Å². The van der Waals surface area contributed by atoms with E-state index in [1.54, 1.807) is 26.0 Å². The van der Waals surface area contributed by atoms with E-state index in [1.807, 2.05) is 36.4 Å². The highest BCUT2D eigenvalue weighted by molar-refractivity contribution is 6.02. The molecule has 26 heavy (non-hydrogen) atoms. The Balaban J connectivity index is 2.11. The molecule has 0 aromatic heterocycles. The van der Waals surface area contributed by atoms with Crippen LogP contribution in [0.1, 0.15) is 54.7 Å². The van der Waals surface area contributed by atoms with E-state index < -0.39 is 11.1 Å². The van der Waals surface area contributed by atoms with Gasteiger partial charge in [-0.05, 0) is 56.4 Å². The standard InChI is InChI=1S/C22H25NO3/c1-15(22(4,5)25)18-10-6-16(7-11-18)14-17-8-12-19(13-9-17)20(24)21(2,3)23-26/h6-13,25H,1,14H2,2-5H3. The van der Waals surface area contributed by atoms with Crippen molar-refractivity contribution in [3.63, 3.8) is 0 Å². The van der Waals surface area contributed by atoms with Crippen molar-refractivity contribution in [1.82, 2.24) is 0 Å². The fourth-order valence-electron chi connectivity index (χ4n) is 2.58. The normalized spacial score (nSPS) is 11.9. The van der Waals surface area contributed by atoms with Crippen molar-refractivity contribution in [3.05, 3.63) is 82.3 Å². The van der Waals surface area contributed by atoms with Crippen molar-refractivity contribution < 1.29 is 9.90 Å². The van der Waals surface area contributed by atoms with Crippen LogP contribution in [0.4, 0.5) is 0 Å². The van der Waals surface area contributed by atoms with Gasteiger partial charge in [-0.2, -0.15) is 0 Å². The lowest BCUT2D eigenvalue weighted by molar-refractivity contribution is 0.0914. The minimum Gasteiger partial charge on any atom is -0.386 e. The highest BCUT2D eigenvalue weighted by atomic mass is 16.3. The van der Waals surface area contributed by atoms with Crippen LogP contribution in [0.2, 0.25) is 0 Å². The molecular weight excluding hydrogens is 326 g/mol. The molecule has 4 nitrogen and oxygen atoms in total. The summed E-state index contributed by atoms with van der Waals surface area (Å²) in [6.45, 7) is 10.4. The number of aliphatic hydroxyl groups is 1. The van der Waals surface area contributed by atoms with Crippen molar-refractivity contribution in [3.8, 4) is 0 Å². The smallest absolute Gasteiger partial charge is 0.193 e. The van der Waals surface area contributed by atoms with E-state index in [-0.39, 0.29) is 5.78 Å². The second-order valence-corrected chi connectivity index (χ2v) is 7.59. The zero-order chi connectivity index (χ0) is 19.5. The minimum absolute atomic E-state index is 0.284. The lowest BCUT2D eigenvalue weighted by Crippen LogP contribution is -2.28. The van der Waals surface area contributed by atoms with Crippen LogP contribution in [0.5, 0.6) is 0 Å². The summed E-state index contributed by atoms with van der Waals surface area (Å²) in [6, 6.07) is 15.1. The summed E-state index contributed by atoms with van der Waals surface area (Å²) < 4.78 is 0. The van der Waals surface area contributed by atoms with Gasteiger partial charge in [-0.15, -0.1) is 4.91 Å². The van der Waals surface area contributed by atoms with E-state index in [1.165, 1.54) is 13.8 Å². The molecule has 0 atom stereocenters. The van der Waals surface area contributed by atoms with Crippen molar-refractivity contribution in [2.24, 2.45) is 5.18 Å². The lowest BCUT2D eigenvalue weighted by Gasteiger charge is -2.20. The van der Waals surface area contributed by atoms with Gasteiger partial charge < -0.3 is 5.11 Å². The summed E-state index contributed by atoms with van der Waals surface area (Å²) in [5, 5.41) is 12.9. The number of ketones is 1. The van der Waals surface area contributed by atoms with Gasteiger partial charge in [-0.1, -0.05) is 60.3 Å². The molecule has 0 aliphatic carbocycles. The van der Waals surface area contributed by atoms with Crippen molar-refractivity contribution in [1.29, 1.82) is 0 Å². The Morgan fingerprint density at radius 1 is 0.923 bits per heavy atom. The topological polar surface area (TPSA) is 66.7 Å². The Bertz CT molecular complexity index is 810. The van der Waals surface area contributed by atoms with Gasteiger partial charge in [0.15, 0.2) is 11.3 Å². The molecule has 0 amide bonds. The van der Waals surface area contributed by atoms with Crippen molar-refractivity contribution in [2.45, 2.75) is 45.3 Å². The van der Waals surface area contributed by atoms with Gasteiger partial charge in [0.05, 0.1) is 5.60 Å². The van der Waals surface area contributed by atoms with Gasteiger partial charge in [-0.3, -0.25) is 4.79 Å². The van der Waals surface area contributed by atoms with Gasteiger partial charge in [0.2, 0.25) is 0 Å². The predicted molar refractivity (Wildman–Crippen MR) is 105 cm³/mol. The predicted octanol–water partition coefficient (Wildman–Crippen LogP) is 4.79. The van der Waals surface area contributed by atoms with Crippen LogP contribution in [-0.4, -0.2) is 22.0 Å². The maximum atomic E-state index is 12.2. The van der Waals surface area contributed by atoms with Crippen LogP contribution in [0.3, 0.4) is 0 Å². The molecule has 0 saturated carbocycles. The van der Waals surface area contributed by atoms with E-state index in [2.05, 4.69) is 11.8 Å². The zero-order valence-electron chi connectivity index (χ0n) is 15.7. The number of Topliss-reactive ketones (excluding diaryl/α,β-unsaturated/α-hetero) is 1. The minimum atomic E-state index is -1.25. The number of benzene rings is 2. The number of rotatable bonds is 7. The third-order valence-electron chi connectivity index (χ3n) is 4.45. The number of nitroso groups, excluding NO2 is 1. The Kier molecular flexibility index (Phi) is 5.57. The molecule has 2 rings (SSSR count). The molecular formula is C22H25NO3. The largest absolute Gasteiger partial charge is 0.386 e. The Morgan fingerprint density at radius 2 is 1.35 bits per heavy atom. The van der Waals surface area contributed by atoms with Crippen molar-refractivity contribution >= 4 is 11.4 Å². The van der Waals surface area contributed by atoms with Crippen LogP contribution >= 0.6 is 0 Å². The van der Waals surface area contributed by atoms with E-state index in [0.29, 0.717) is 11.1 Å². The molecule has 0 radical (unpaired) electrons. The van der Waals surface area contributed by atoms with Gasteiger partial charge >= 0.3 is 0 Å². The first-order valence-corrected chi connectivity index (χ1v) is 8.54. The molecule has 136 valence electrons. The van der Waals surface area contributed by atoms with E-state index in [9.17, 15) is 14.8 Å². The molecule has 0 bridgehead atoms. The second kappa shape index (κ2) is 7.34. The van der Waals surface area contributed by atoms with E-state index in [0.717, 1.165) is 23.1 Å². The average molecular weight is 351 g/mol. The molecule has 2 aromatic rings. The molecule has 0 spiro atoms. The SMILES string of the molecule is C=C(c1ccc(Cc2ccc(C(=O)C(C)(C)N=O)cc2)cc1)C(C)(C)O. The second-order valence-electron chi connectivity index (χ2n) is 7.59. The highest BCUT2D eigenvalue weighted by Crippen LogP contribution is 2.25. The molecule has 1 N–H and O–H groups in total. The molecule has 0 unspecified atom stereocenters. The molecule has 0 saturated heterocycles. The number of carbonyl (C=O) groups excluding carboxylic acids is 1. The third kappa shape index (κ3) is 4.52. The summed E-state index contributed by atoms with van der Waals surface area (Å²) in [5.74, 6) is -0.284. The van der Waals surface area contributed by atoms with Gasteiger partial charge in [0.25, 0.3) is 0 Å². The summed E-state index contributed by atoms with van der Waals surface area (Å²) in [7, 11) is 0. The summed E-state index contributed by atoms with van der Waals surface area (Å²) in [5.41, 5.74) is 2.05. The Morgan fingerprint density at radius 3 is 1.73 bits per heavy atom. The van der Waals surface area contributed by atoms with Crippen LogP contribution < -0.4 is 0 Å². The summed E-state index contributed by atoms with van der Waals surface area (Å²) in [6.07, 6.45) is 0.721. The number of hydrogen-bond donors (Lipinski definition) is 1. The molecule has 4 heteroatoms. The molecule has 0 heterocycles. The lowest BCUT2D eigenvalue weighted by atomic mass is 9.91. The summed E-state index contributed by atoms with van der Waals surface area (Å²) in [4.78, 5) is 23.0. The monoisotopic (exact) mass is 351 g/mol. The number of hydrogen-bond acceptors (Lipinski definition) is 4. The third-order valence-corrected chi connectivity index (χ3v) is 4.45. The molecule has 0 fully saturated rings. The zero-order valence-corrected chi connectivity index (χ0v) is 15.7. The summed E-state index contributed by atoms with van der Waals surface area (Å²) >= 11 is 0. The number of carbonyl (C=O) groups is 1. The fourth-order valence-corrected chi connectivity index (χ4v) is 2.58. The average Bonchev–Trinajstić information content (AvgIpc) is 2.61.